The molecule has 10 nitrogen and oxygen atoms in total. The van der Waals surface area contributed by atoms with Crippen molar-refractivity contribution in [3.8, 4) is 11.5 Å². The van der Waals surface area contributed by atoms with E-state index >= 15 is 0 Å². The van der Waals surface area contributed by atoms with E-state index in [9.17, 15) is 19.7 Å². The van der Waals surface area contributed by atoms with Crippen molar-refractivity contribution < 1.29 is 24.0 Å². The van der Waals surface area contributed by atoms with Crippen molar-refractivity contribution >= 4 is 29.9 Å². The maximum atomic E-state index is 11.6. The molecular formula is C14H21ClN4O6. The molecule has 0 saturated heterocycles. The van der Waals surface area contributed by atoms with Gasteiger partial charge >= 0.3 is 0 Å². The summed E-state index contributed by atoms with van der Waals surface area (Å²) in [5.41, 5.74) is 5.37. The summed E-state index contributed by atoms with van der Waals surface area (Å²) in [6, 6.07) is 2.77. The van der Waals surface area contributed by atoms with Crippen molar-refractivity contribution in [1.29, 1.82) is 0 Å². The molecule has 0 aliphatic rings. The molecule has 25 heavy (non-hydrogen) atoms. The summed E-state index contributed by atoms with van der Waals surface area (Å²) in [5, 5.41) is 16.0. The van der Waals surface area contributed by atoms with E-state index in [-0.39, 0.29) is 49.9 Å². The number of ether oxygens (including phenoxy) is 2. The van der Waals surface area contributed by atoms with Crippen LogP contribution in [0.1, 0.15) is 5.56 Å². The Morgan fingerprint density at radius 2 is 1.76 bits per heavy atom. The van der Waals surface area contributed by atoms with Gasteiger partial charge in [-0.15, -0.1) is 12.4 Å². The van der Waals surface area contributed by atoms with E-state index in [2.05, 4.69) is 10.6 Å². The Morgan fingerprint density at radius 1 is 1.16 bits per heavy atom. The van der Waals surface area contributed by atoms with E-state index in [0.29, 0.717) is 11.3 Å². The highest BCUT2D eigenvalue weighted by Crippen LogP contribution is 2.34. The number of amides is 2. The molecule has 2 amide bonds. The molecule has 0 aliphatic carbocycles. The van der Waals surface area contributed by atoms with Crippen LogP contribution in [0.2, 0.25) is 0 Å². The molecule has 4 N–H and O–H groups in total. The summed E-state index contributed by atoms with van der Waals surface area (Å²) in [6.45, 7) is -0.247. The Balaban J connectivity index is 0.00000576. The fourth-order valence-corrected chi connectivity index (χ4v) is 1.93. The minimum absolute atomic E-state index is 0. The van der Waals surface area contributed by atoms with Crippen molar-refractivity contribution in [3.05, 3.63) is 27.8 Å². The topological polar surface area (TPSA) is 146 Å². The number of nitrogens with zero attached hydrogens (tertiary/aromatic N) is 1. The van der Waals surface area contributed by atoms with Gasteiger partial charge < -0.3 is 25.8 Å². The minimum atomic E-state index is -0.527. The maximum Gasteiger partial charge on any atom is 0.276 e. The van der Waals surface area contributed by atoms with E-state index < -0.39 is 16.7 Å². The molecule has 0 aromatic heterocycles. The number of nitrogens with two attached hydrogens (primary N) is 1. The summed E-state index contributed by atoms with van der Waals surface area (Å²) in [6.07, 6.45) is 0.216. The van der Waals surface area contributed by atoms with Crippen molar-refractivity contribution in [3.63, 3.8) is 0 Å². The summed E-state index contributed by atoms with van der Waals surface area (Å²) < 4.78 is 10.2. The zero-order valence-electron chi connectivity index (χ0n) is 13.9. The van der Waals surface area contributed by atoms with Gasteiger partial charge in [0.05, 0.1) is 38.3 Å². The number of nitro groups is 1. The van der Waals surface area contributed by atoms with Crippen LogP contribution in [0, 0.1) is 10.1 Å². The number of nitrogens with one attached hydrogen (secondary N) is 2. The number of rotatable bonds is 9. The smallest absolute Gasteiger partial charge is 0.276 e. The lowest BCUT2D eigenvalue weighted by atomic mass is 10.1. The molecule has 0 fully saturated rings. The largest absolute Gasteiger partial charge is 0.493 e. The molecule has 0 radical (unpaired) electrons. The van der Waals surface area contributed by atoms with Crippen LogP contribution in [0.15, 0.2) is 12.1 Å². The van der Waals surface area contributed by atoms with Gasteiger partial charge in [0.2, 0.25) is 11.8 Å². The Labute approximate surface area is 150 Å². The van der Waals surface area contributed by atoms with Crippen molar-refractivity contribution in [1.82, 2.24) is 10.6 Å². The lowest BCUT2D eigenvalue weighted by molar-refractivity contribution is -0.385. The average molecular weight is 377 g/mol. The van der Waals surface area contributed by atoms with Gasteiger partial charge in [0.25, 0.3) is 5.69 Å². The number of carbonyl (C=O) groups is 2. The highest BCUT2D eigenvalue weighted by Gasteiger charge is 2.19. The van der Waals surface area contributed by atoms with E-state index in [1.54, 1.807) is 0 Å². The SMILES string of the molecule is COc1cc(CCNC(=O)CNC(=O)CN)c([N+](=O)[O-])cc1OC.Cl. The van der Waals surface area contributed by atoms with Gasteiger partial charge in [0.1, 0.15) is 0 Å². The first-order valence-corrected chi connectivity index (χ1v) is 7.05. The third-order valence-electron chi connectivity index (χ3n) is 3.13. The number of carbonyl (C=O) groups excluding carboxylic acids is 2. The molecule has 0 saturated carbocycles. The second kappa shape index (κ2) is 11.0. The predicted octanol–water partition coefficient (Wildman–Crippen LogP) is -0.233. The zero-order valence-corrected chi connectivity index (χ0v) is 14.7. The van der Waals surface area contributed by atoms with E-state index in [1.807, 2.05) is 0 Å². The van der Waals surface area contributed by atoms with Crippen LogP contribution in [-0.2, 0) is 16.0 Å². The van der Waals surface area contributed by atoms with Crippen LogP contribution in [0.4, 0.5) is 5.69 Å². The first-order valence-electron chi connectivity index (χ1n) is 7.05. The van der Waals surface area contributed by atoms with Gasteiger partial charge in [-0.3, -0.25) is 19.7 Å². The average Bonchev–Trinajstić information content (AvgIpc) is 2.58. The first-order chi connectivity index (χ1) is 11.4. The molecule has 11 heteroatoms. The number of benzene rings is 1. The normalized spacial score (nSPS) is 9.56. The third kappa shape index (κ3) is 6.81. The Morgan fingerprint density at radius 3 is 2.28 bits per heavy atom. The fraction of sp³-hybridized carbons (Fsp3) is 0.429. The van der Waals surface area contributed by atoms with Gasteiger partial charge in [-0.05, 0) is 12.5 Å². The van der Waals surface area contributed by atoms with Crippen molar-refractivity contribution in [2.75, 3.05) is 33.9 Å². The fourth-order valence-electron chi connectivity index (χ4n) is 1.93. The molecule has 0 heterocycles. The zero-order chi connectivity index (χ0) is 18.1. The predicted molar refractivity (Wildman–Crippen MR) is 92.2 cm³/mol. The molecule has 0 unspecified atom stereocenters. The van der Waals surface area contributed by atoms with Gasteiger partial charge in [-0.2, -0.15) is 0 Å². The van der Waals surface area contributed by atoms with Crippen LogP contribution in [0.25, 0.3) is 0 Å². The van der Waals surface area contributed by atoms with Crippen molar-refractivity contribution in [2.24, 2.45) is 5.73 Å². The summed E-state index contributed by atoms with van der Waals surface area (Å²) in [5.74, 6) is -0.248. The number of hydrogen-bond acceptors (Lipinski definition) is 7. The van der Waals surface area contributed by atoms with Crippen LogP contribution in [0.5, 0.6) is 11.5 Å². The number of nitro benzene ring substituents is 1. The minimum Gasteiger partial charge on any atom is -0.493 e. The summed E-state index contributed by atoms with van der Waals surface area (Å²) in [4.78, 5) is 33.1. The van der Waals surface area contributed by atoms with Crippen LogP contribution < -0.4 is 25.8 Å². The Bertz CT molecular complexity index is 626. The Hall–Kier alpha value is -2.59. The second-order valence-electron chi connectivity index (χ2n) is 4.67. The molecule has 1 aromatic rings. The molecule has 1 aromatic carbocycles. The van der Waals surface area contributed by atoms with Gasteiger partial charge in [-0.25, -0.2) is 0 Å². The maximum absolute atomic E-state index is 11.6. The van der Waals surface area contributed by atoms with E-state index in [0.717, 1.165) is 0 Å². The van der Waals surface area contributed by atoms with Gasteiger partial charge in [0.15, 0.2) is 11.5 Å². The van der Waals surface area contributed by atoms with E-state index in [1.165, 1.54) is 26.4 Å². The molecule has 0 spiro atoms. The third-order valence-corrected chi connectivity index (χ3v) is 3.13. The molecule has 0 aliphatic heterocycles. The molecule has 1 rings (SSSR count). The van der Waals surface area contributed by atoms with Gasteiger partial charge in [0, 0.05) is 12.1 Å². The highest BCUT2D eigenvalue weighted by atomic mass is 35.5. The molecule has 140 valence electrons. The van der Waals surface area contributed by atoms with Gasteiger partial charge in [-0.1, -0.05) is 0 Å². The number of hydrogen-bond donors (Lipinski definition) is 3. The summed E-state index contributed by atoms with van der Waals surface area (Å²) in [7, 11) is 2.81. The number of methoxy groups -OCH3 is 2. The lowest BCUT2D eigenvalue weighted by Crippen LogP contribution is -2.40. The monoisotopic (exact) mass is 376 g/mol. The summed E-state index contributed by atoms with van der Waals surface area (Å²) >= 11 is 0. The highest BCUT2D eigenvalue weighted by molar-refractivity contribution is 5.85. The Kier molecular flexibility index (Phi) is 9.91. The first kappa shape index (κ1) is 22.4. The lowest BCUT2D eigenvalue weighted by Gasteiger charge is -2.11. The molecule has 0 bridgehead atoms. The van der Waals surface area contributed by atoms with Crippen LogP contribution in [0.3, 0.4) is 0 Å². The van der Waals surface area contributed by atoms with Crippen molar-refractivity contribution in [2.45, 2.75) is 6.42 Å². The van der Waals surface area contributed by atoms with Crippen LogP contribution in [-0.4, -0.2) is 50.6 Å². The van der Waals surface area contributed by atoms with E-state index in [4.69, 9.17) is 15.2 Å². The molecular weight excluding hydrogens is 356 g/mol. The second-order valence-corrected chi connectivity index (χ2v) is 4.67. The number of halogens is 1. The quantitative estimate of drug-likeness (QED) is 0.398. The van der Waals surface area contributed by atoms with Crippen LogP contribution >= 0.6 is 12.4 Å². The molecule has 0 atom stereocenters. The standard InChI is InChI=1S/C14H20N4O6.ClH/c1-23-11-5-9(10(18(21)22)6-12(11)24-2)3-4-16-14(20)8-17-13(19)7-15;/h5-6H,3-4,7-8,15H2,1-2H3,(H,16,20)(H,17,19);1H.